The lowest BCUT2D eigenvalue weighted by Crippen LogP contribution is -2.30. The number of hydrogen-bond acceptors (Lipinski definition) is 1. The van der Waals surface area contributed by atoms with Gasteiger partial charge >= 0.3 is 0 Å². The molecular weight excluding hydrogens is 184 g/mol. The zero-order chi connectivity index (χ0) is 10.1. The van der Waals surface area contributed by atoms with E-state index in [9.17, 15) is 8.78 Å². The molecule has 1 nitrogen and oxygen atoms in total. The molecule has 0 radical (unpaired) electrons. The highest BCUT2D eigenvalue weighted by Gasteiger charge is 2.22. The summed E-state index contributed by atoms with van der Waals surface area (Å²) in [6, 6.07) is 2.45. The summed E-state index contributed by atoms with van der Waals surface area (Å²) < 4.78 is 26.4. The SMILES string of the molecule is CCC1NCCc2cc(F)cc(F)c21. The molecule has 0 saturated heterocycles. The smallest absolute Gasteiger partial charge is 0.131 e. The third-order valence-corrected chi connectivity index (χ3v) is 2.72. The van der Waals surface area contributed by atoms with Crippen LogP contribution in [0, 0.1) is 11.6 Å². The summed E-state index contributed by atoms with van der Waals surface area (Å²) in [5.41, 5.74) is 1.47. The van der Waals surface area contributed by atoms with Crippen LogP contribution in [0.5, 0.6) is 0 Å². The van der Waals surface area contributed by atoms with Gasteiger partial charge in [-0.25, -0.2) is 8.78 Å². The topological polar surface area (TPSA) is 12.0 Å². The summed E-state index contributed by atoms with van der Waals surface area (Å²) in [6.07, 6.45) is 1.54. The van der Waals surface area contributed by atoms with Gasteiger partial charge in [-0.15, -0.1) is 0 Å². The maximum Gasteiger partial charge on any atom is 0.131 e. The minimum Gasteiger partial charge on any atom is -0.310 e. The number of rotatable bonds is 1. The molecular formula is C11H13F2N. The lowest BCUT2D eigenvalue weighted by Gasteiger charge is -2.26. The molecule has 1 aromatic carbocycles. The molecule has 0 aromatic heterocycles. The molecule has 1 atom stereocenters. The van der Waals surface area contributed by atoms with E-state index in [0.717, 1.165) is 24.6 Å². The number of benzene rings is 1. The lowest BCUT2D eigenvalue weighted by atomic mass is 9.92. The summed E-state index contributed by atoms with van der Waals surface area (Å²) in [7, 11) is 0. The van der Waals surface area contributed by atoms with Crippen molar-refractivity contribution < 1.29 is 8.78 Å². The Labute approximate surface area is 82.1 Å². The van der Waals surface area contributed by atoms with Gasteiger partial charge in [0, 0.05) is 17.7 Å². The predicted molar refractivity (Wildman–Crippen MR) is 51.1 cm³/mol. The van der Waals surface area contributed by atoms with Gasteiger partial charge in [0.2, 0.25) is 0 Å². The average Bonchev–Trinajstić information content (AvgIpc) is 2.16. The molecule has 14 heavy (non-hydrogen) atoms. The lowest BCUT2D eigenvalue weighted by molar-refractivity contribution is 0.456. The van der Waals surface area contributed by atoms with Gasteiger partial charge in [0.15, 0.2) is 0 Å². The van der Waals surface area contributed by atoms with E-state index in [1.807, 2.05) is 6.92 Å². The van der Waals surface area contributed by atoms with E-state index in [0.29, 0.717) is 12.0 Å². The minimum atomic E-state index is -0.474. The van der Waals surface area contributed by atoms with Gasteiger partial charge in [-0.2, -0.15) is 0 Å². The second kappa shape index (κ2) is 3.65. The molecule has 0 amide bonds. The Balaban J connectivity index is 2.51. The predicted octanol–water partition coefficient (Wildman–Crippen LogP) is 2.56. The van der Waals surface area contributed by atoms with Gasteiger partial charge in [0.25, 0.3) is 0 Å². The largest absolute Gasteiger partial charge is 0.310 e. The quantitative estimate of drug-likeness (QED) is 0.729. The Hall–Kier alpha value is -0.960. The number of hydrogen-bond donors (Lipinski definition) is 1. The van der Waals surface area contributed by atoms with E-state index in [1.54, 1.807) is 0 Å². The molecule has 1 heterocycles. The first kappa shape index (κ1) is 9.59. The number of fused-ring (bicyclic) bond motifs is 1. The Morgan fingerprint density at radius 1 is 1.43 bits per heavy atom. The summed E-state index contributed by atoms with van der Waals surface area (Å²) in [4.78, 5) is 0. The average molecular weight is 197 g/mol. The third-order valence-electron chi connectivity index (χ3n) is 2.72. The third kappa shape index (κ3) is 1.52. The van der Waals surface area contributed by atoms with E-state index in [2.05, 4.69) is 5.32 Å². The first-order valence-corrected chi connectivity index (χ1v) is 4.93. The Bertz CT molecular complexity index is 349. The van der Waals surface area contributed by atoms with Crippen LogP contribution in [0.4, 0.5) is 8.78 Å². The van der Waals surface area contributed by atoms with Crippen LogP contribution in [-0.4, -0.2) is 6.54 Å². The van der Waals surface area contributed by atoms with Gasteiger partial charge in [-0.3, -0.25) is 0 Å². The minimum absolute atomic E-state index is 0.0411. The molecule has 0 aliphatic carbocycles. The van der Waals surface area contributed by atoms with Crippen molar-refractivity contribution in [2.45, 2.75) is 25.8 Å². The highest BCUT2D eigenvalue weighted by Crippen LogP contribution is 2.28. The number of nitrogens with one attached hydrogen (secondary N) is 1. The molecule has 3 heteroatoms. The molecule has 0 fully saturated rings. The van der Waals surface area contributed by atoms with Crippen molar-refractivity contribution in [3.05, 3.63) is 34.9 Å². The van der Waals surface area contributed by atoms with Gasteiger partial charge in [-0.1, -0.05) is 6.92 Å². The van der Waals surface area contributed by atoms with E-state index < -0.39 is 11.6 Å². The van der Waals surface area contributed by atoms with Crippen LogP contribution in [0.15, 0.2) is 12.1 Å². The van der Waals surface area contributed by atoms with Crippen molar-refractivity contribution in [3.8, 4) is 0 Å². The van der Waals surface area contributed by atoms with Gasteiger partial charge in [-0.05, 0) is 31.0 Å². The normalized spacial score (nSPS) is 20.6. The van der Waals surface area contributed by atoms with Crippen molar-refractivity contribution in [2.24, 2.45) is 0 Å². The van der Waals surface area contributed by atoms with Gasteiger partial charge in [0.05, 0.1) is 0 Å². The molecule has 1 aromatic rings. The molecule has 1 N–H and O–H groups in total. The van der Waals surface area contributed by atoms with Crippen molar-refractivity contribution in [3.63, 3.8) is 0 Å². The summed E-state index contributed by atoms with van der Waals surface area (Å²) in [6.45, 7) is 2.80. The van der Waals surface area contributed by atoms with Crippen molar-refractivity contribution in [2.75, 3.05) is 6.54 Å². The molecule has 1 aliphatic rings. The number of halogens is 2. The first-order valence-electron chi connectivity index (χ1n) is 4.93. The van der Waals surface area contributed by atoms with Crippen molar-refractivity contribution in [1.82, 2.24) is 5.32 Å². The maximum atomic E-state index is 13.5. The molecule has 0 spiro atoms. The van der Waals surface area contributed by atoms with Crippen LogP contribution in [-0.2, 0) is 6.42 Å². The maximum absolute atomic E-state index is 13.5. The van der Waals surface area contributed by atoms with E-state index in [1.165, 1.54) is 6.07 Å². The van der Waals surface area contributed by atoms with Crippen LogP contribution in [0.2, 0.25) is 0 Å². The van der Waals surface area contributed by atoms with E-state index >= 15 is 0 Å². The fourth-order valence-corrected chi connectivity index (χ4v) is 2.07. The second-order valence-electron chi connectivity index (χ2n) is 3.63. The molecule has 1 aliphatic heterocycles. The Morgan fingerprint density at radius 3 is 2.93 bits per heavy atom. The molecule has 0 bridgehead atoms. The van der Waals surface area contributed by atoms with E-state index in [-0.39, 0.29) is 6.04 Å². The highest BCUT2D eigenvalue weighted by atomic mass is 19.1. The van der Waals surface area contributed by atoms with Gasteiger partial charge < -0.3 is 5.32 Å². The van der Waals surface area contributed by atoms with Gasteiger partial charge in [0.1, 0.15) is 11.6 Å². The summed E-state index contributed by atoms with van der Waals surface area (Å²) in [5.74, 6) is -0.892. The monoisotopic (exact) mass is 197 g/mol. The van der Waals surface area contributed by atoms with Crippen LogP contribution in [0.25, 0.3) is 0 Å². The van der Waals surface area contributed by atoms with Crippen LogP contribution >= 0.6 is 0 Å². The van der Waals surface area contributed by atoms with E-state index in [4.69, 9.17) is 0 Å². The second-order valence-corrected chi connectivity index (χ2v) is 3.63. The highest BCUT2D eigenvalue weighted by molar-refractivity contribution is 5.34. The zero-order valence-corrected chi connectivity index (χ0v) is 8.11. The summed E-state index contributed by atoms with van der Waals surface area (Å²) in [5, 5.41) is 3.22. The fraction of sp³-hybridized carbons (Fsp3) is 0.455. The fourth-order valence-electron chi connectivity index (χ4n) is 2.07. The van der Waals surface area contributed by atoms with Crippen LogP contribution in [0.3, 0.4) is 0 Å². The molecule has 2 rings (SSSR count). The Kier molecular flexibility index (Phi) is 2.50. The zero-order valence-electron chi connectivity index (χ0n) is 8.11. The molecule has 76 valence electrons. The van der Waals surface area contributed by atoms with Crippen molar-refractivity contribution in [1.29, 1.82) is 0 Å². The van der Waals surface area contributed by atoms with Crippen LogP contribution < -0.4 is 5.32 Å². The molecule has 0 saturated carbocycles. The van der Waals surface area contributed by atoms with Crippen LogP contribution in [0.1, 0.15) is 30.5 Å². The first-order chi connectivity index (χ1) is 6.72. The summed E-state index contributed by atoms with van der Waals surface area (Å²) >= 11 is 0. The molecule has 1 unspecified atom stereocenters. The standard InChI is InChI=1S/C11H13F2N/c1-2-10-11-7(3-4-14-10)5-8(12)6-9(11)13/h5-6,10,14H,2-4H2,1H3. The Morgan fingerprint density at radius 2 is 2.21 bits per heavy atom. The van der Waals surface area contributed by atoms with Crippen molar-refractivity contribution >= 4 is 0 Å².